The molecule has 1 unspecified atom stereocenters. The zero-order valence-corrected chi connectivity index (χ0v) is 20.5. The van der Waals surface area contributed by atoms with E-state index in [-0.39, 0.29) is 13.0 Å². The highest BCUT2D eigenvalue weighted by molar-refractivity contribution is 5.90. The molecule has 0 spiro atoms. The maximum atomic E-state index is 12.5. The molecule has 6 nitrogen and oxygen atoms in total. The van der Waals surface area contributed by atoms with E-state index in [4.69, 9.17) is 0 Å². The summed E-state index contributed by atoms with van der Waals surface area (Å²) in [6.07, 6.45) is 15.0. The first kappa shape index (κ1) is 29.6. The van der Waals surface area contributed by atoms with Gasteiger partial charge in [-0.3, -0.25) is 4.79 Å². The number of allylic oxidation sites excluding steroid dienone is 2. The predicted molar refractivity (Wildman–Crippen MR) is 124 cm³/mol. The van der Waals surface area contributed by atoms with Gasteiger partial charge in [0.05, 0.1) is 26.9 Å². The Morgan fingerprint density at radius 2 is 1.39 bits per heavy atom. The molecule has 1 atom stereocenters. The standard InChI is InChI=1S/C25H47NO5/c1-5-6-7-14-17-22(27)18-15-12-10-8-9-11-13-16-19-23(28)25(31,20-24(29)30)21-26(2,3)4/h17,31H,5-16,18-21H2,1-4H3,(H-,27,29,30). The van der Waals surface area contributed by atoms with Gasteiger partial charge in [-0.15, -0.1) is 0 Å². The van der Waals surface area contributed by atoms with Crippen LogP contribution in [0.25, 0.3) is 0 Å². The van der Waals surface area contributed by atoms with Gasteiger partial charge >= 0.3 is 0 Å². The van der Waals surface area contributed by atoms with Gasteiger partial charge in [-0.25, -0.2) is 0 Å². The average Bonchev–Trinajstić information content (AvgIpc) is 2.64. The van der Waals surface area contributed by atoms with Crippen LogP contribution in [0, 0.1) is 0 Å². The molecule has 0 heterocycles. The molecule has 0 fully saturated rings. The number of quaternary nitrogens is 1. The number of hydrogen-bond acceptors (Lipinski definition) is 5. The number of nitrogens with zero attached hydrogens (tertiary/aromatic N) is 1. The van der Waals surface area contributed by atoms with Crippen molar-refractivity contribution in [2.75, 3.05) is 27.7 Å². The van der Waals surface area contributed by atoms with Crippen molar-refractivity contribution in [3.05, 3.63) is 11.8 Å². The number of hydrogen-bond donors (Lipinski definition) is 2. The molecule has 6 heteroatoms. The van der Waals surface area contributed by atoms with Gasteiger partial charge in [0, 0.05) is 25.2 Å². The molecule has 0 aliphatic rings. The molecule has 0 rings (SSSR count). The Labute approximate surface area is 189 Å². The number of carbonyl (C=O) groups excluding carboxylic acids is 2. The highest BCUT2D eigenvalue weighted by Gasteiger charge is 2.40. The Kier molecular flexibility index (Phi) is 15.5. The van der Waals surface area contributed by atoms with Gasteiger partial charge in [0.1, 0.15) is 6.54 Å². The minimum Gasteiger partial charge on any atom is -0.550 e. The zero-order valence-electron chi connectivity index (χ0n) is 20.5. The van der Waals surface area contributed by atoms with Crippen molar-refractivity contribution in [3.8, 4) is 0 Å². The lowest BCUT2D eigenvalue weighted by atomic mass is 9.89. The quantitative estimate of drug-likeness (QED) is 0.169. The van der Waals surface area contributed by atoms with Crippen molar-refractivity contribution >= 4 is 11.8 Å². The molecule has 2 N–H and O–H groups in total. The first-order valence-electron chi connectivity index (χ1n) is 12.1. The normalized spacial score (nSPS) is 14.4. The van der Waals surface area contributed by atoms with Gasteiger partial charge in [0.15, 0.2) is 11.4 Å². The second-order valence-electron chi connectivity index (χ2n) is 9.97. The van der Waals surface area contributed by atoms with Crippen molar-refractivity contribution in [1.29, 1.82) is 0 Å². The molecule has 0 saturated heterocycles. The highest BCUT2D eigenvalue weighted by Crippen LogP contribution is 2.20. The lowest BCUT2D eigenvalue weighted by molar-refractivity contribution is -0.875. The number of carbonyl (C=O) groups is 2. The summed E-state index contributed by atoms with van der Waals surface area (Å²) in [4.78, 5) is 23.5. The second kappa shape index (κ2) is 16.3. The summed E-state index contributed by atoms with van der Waals surface area (Å²) in [5, 5.41) is 31.4. The zero-order chi connectivity index (χ0) is 23.8. The van der Waals surface area contributed by atoms with Crippen LogP contribution in [0.4, 0.5) is 0 Å². The Hall–Kier alpha value is -1.40. The summed E-state index contributed by atoms with van der Waals surface area (Å²) >= 11 is 0. The number of unbranched alkanes of at least 4 members (excludes halogenated alkanes) is 10. The molecule has 0 amide bonds. The van der Waals surface area contributed by atoms with Crippen molar-refractivity contribution in [2.24, 2.45) is 0 Å². The molecule has 182 valence electrons. The average molecular weight is 442 g/mol. The number of aliphatic hydroxyl groups excluding tert-OH is 1. The van der Waals surface area contributed by atoms with Crippen LogP contribution in [0.2, 0.25) is 0 Å². The van der Waals surface area contributed by atoms with Gasteiger partial charge < -0.3 is 24.6 Å². The topological polar surface area (TPSA) is 97.7 Å². The van der Waals surface area contributed by atoms with Gasteiger partial charge in [0.25, 0.3) is 0 Å². The number of rotatable bonds is 20. The molecule has 0 aliphatic heterocycles. The van der Waals surface area contributed by atoms with Crippen LogP contribution in [0.1, 0.15) is 103 Å². The fourth-order valence-corrected chi connectivity index (χ4v) is 3.92. The summed E-state index contributed by atoms with van der Waals surface area (Å²) < 4.78 is 0.307. The lowest BCUT2D eigenvalue weighted by Gasteiger charge is -2.34. The number of likely N-dealkylation sites (N-methyl/N-ethyl adjacent to an activating group) is 1. The summed E-state index contributed by atoms with van der Waals surface area (Å²) in [7, 11) is 5.45. The third kappa shape index (κ3) is 16.9. The summed E-state index contributed by atoms with van der Waals surface area (Å²) in [5.41, 5.74) is -1.85. The van der Waals surface area contributed by atoms with E-state index in [0.29, 0.717) is 16.7 Å². The number of carboxylic acids is 1. The number of carboxylic acid groups (broad SMARTS) is 1. The maximum absolute atomic E-state index is 12.5. The van der Waals surface area contributed by atoms with Crippen molar-refractivity contribution in [1.82, 2.24) is 0 Å². The first-order valence-corrected chi connectivity index (χ1v) is 12.1. The van der Waals surface area contributed by atoms with Crippen LogP contribution in [-0.2, 0) is 9.59 Å². The molecule has 0 aromatic carbocycles. The molecule has 31 heavy (non-hydrogen) atoms. The predicted octanol–water partition coefficient (Wildman–Crippen LogP) is 4.06. The van der Waals surface area contributed by atoms with E-state index in [9.17, 15) is 24.9 Å². The molecule has 0 bridgehead atoms. The van der Waals surface area contributed by atoms with Crippen LogP contribution < -0.4 is 5.11 Å². The number of ketones is 1. The van der Waals surface area contributed by atoms with Crippen LogP contribution in [0.5, 0.6) is 0 Å². The van der Waals surface area contributed by atoms with Crippen molar-refractivity contribution in [2.45, 2.75) is 109 Å². The van der Waals surface area contributed by atoms with Crippen LogP contribution >= 0.6 is 0 Å². The van der Waals surface area contributed by atoms with Crippen molar-refractivity contribution < 1.29 is 29.4 Å². The summed E-state index contributed by atoms with van der Waals surface area (Å²) in [6, 6.07) is 0. The molecular formula is C25H47NO5. The van der Waals surface area contributed by atoms with Gasteiger partial charge in [-0.1, -0.05) is 58.3 Å². The molecule has 0 radical (unpaired) electrons. The van der Waals surface area contributed by atoms with E-state index >= 15 is 0 Å². The van der Waals surface area contributed by atoms with Crippen LogP contribution in [0.3, 0.4) is 0 Å². The van der Waals surface area contributed by atoms with Crippen LogP contribution in [0.15, 0.2) is 11.8 Å². The monoisotopic (exact) mass is 441 g/mol. The Morgan fingerprint density at radius 1 is 0.871 bits per heavy atom. The van der Waals surface area contributed by atoms with E-state index in [1.165, 1.54) is 12.8 Å². The second-order valence-corrected chi connectivity index (χ2v) is 9.97. The smallest absolute Gasteiger partial charge is 0.177 e. The number of Topliss-reactive ketones (excluding diaryl/α,β-unsaturated/α-hetero) is 1. The summed E-state index contributed by atoms with van der Waals surface area (Å²) in [5.74, 6) is -1.26. The molecular weight excluding hydrogens is 394 g/mol. The lowest BCUT2D eigenvalue weighted by Crippen LogP contribution is -2.56. The maximum Gasteiger partial charge on any atom is 0.177 e. The fourth-order valence-electron chi connectivity index (χ4n) is 3.92. The van der Waals surface area contributed by atoms with E-state index < -0.39 is 23.8 Å². The molecule has 0 aliphatic carbocycles. The highest BCUT2D eigenvalue weighted by atomic mass is 16.4. The summed E-state index contributed by atoms with van der Waals surface area (Å²) in [6.45, 7) is 2.24. The molecule has 0 saturated carbocycles. The van der Waals surface area contributed by atoms with E-state index in [1.54, 1.807) is 0 Å². The number of aliphatic hydroxyl groups is 2. The number of aliphatic carboxylic acids is 1. The van der Waals surface area contributed by atoms with E-state index in [1.807, 2.05) is 27.2 Å². The third-order valence-electron chi connectivity index (χ3n) is 5.47. The molecule has 0 aromatic heterocycles. The van der Waals surface area contributed by atoms with Gasteiger partial charge in [0.2, 0.25) is 0 Å². The largest absolute Gasteiger partial charge is 0.550 e. The minimum atomic E-state index is -1.85. The Bertz CT molecular complexity index is 539. The van der Waals surface area contributed by atoms with E-state index in [2.05, 4.69) is 6.92 Å². The first-order chi connectivity index (χ1) is 14.5. The minimum absolute atomic E-state index is 0.0588. The van der Waals surface area contributed by atoms with Crippen LogP contribution in [-0.4, -0.2) is 59.7 Å². The van der Waals surface area contributed by atoms with Crippen molar-refractivity contribution in [3.63, 3.8) is 0 Å². The SMILES string of the molecule is CCCCCC=C(O)CCCCCCCCCCC(=O)C(O)(CC(=O)[O-])C[N+](C)(C)C. The Morgan fingerprint density at radius 3 is 1.87 bits per heavy atom. The third-order valence-corrected chi connectivity index (χ3v) is 5.47. The molecule has 0 aromatic rings. The van der Waals surface area contributed by atoms with Gasteiger partial charge in [-0.2, -0.15) is 0 Å². The Balaban J connectivity index is 3.89. The van der Waals surface area contributed by atoms with Gasteiger partial charge in [-0.05, 0) is 31.8 Å². The fraction of sp³-hybridized carbons (Fsp3) is 0.840. The van der Waals surface area contributed by atoms with E-state index in [0.717, 1.165) is 64.2 Å².